The number of nitrogens with zero attached hydrogens (tertiary/aromatic N) is 2. The Morgan fingerprint density at radius 1 is 1.06 bits per heavy atom. The molecule has 6 nitrogen and oxygen atoms in total. The summed E-state index contributed by atoms with van der Waals surface area (Å²) in [5.41, 5.74) is -0.583. The van der Waals surface area contributed by atoms with E-state index in [1.807, 2.05) is 0 Å². The van der Waals surface area contributed by atoms with E-state index in [9.17, 15) is 0 Å². The topological polar surface area (TPSA) is 81.3 Å². The van der Waals surface area contributed by atoms with Gasteiger partial charge in [-0.1, -0.05) is 0 Å². The summed E-state index contributed by atoms with van der Waals surface area (Å²) in [6.45, 7) is 12.4. The molecule has 2 aliphatic heterocycles. The standard InChI is InChI=1S/C12H22N6/c1-11(2,9-13-5-6-14-9)17-18-12(3,4)10-15-7-8-16-10/h5-8H2,1-4H3,(H,13,14)(H,15,16)/p+3. The lowest BCUT2D eigenvalue weighted by molar-refractivity contribution is -0.542. The number of quaternary nitrogens is 1. The van der Waals surface area contributed by atoms with Crippen LogP contribution in [-0.2, 0) is 0 Å². The van der Waals surface area contributed by atoms with E-state index in [0.29, 0.717) is 0 Å². The highest BCUT2D eigenvalue weighted by atomic mass is 15.3. The van der Waals surface area contributed by atoms with Crippen LogP contribution in [0.5, 0.6) is 0 Å². The van der Waals surface area contributed by atoms with Crippen molar-refractivity contribution in [3.05, 3.63) is 0 Å². The molecule has 0 unspecified atom stereocenters. The summed E-state index contributed by atoms with van der Waals surface area (Å²) in [5, 5.41) is 14.6. The molecular weight excluding hydrogens is 228 g/mol. The minimum atomic E-state index is -0.313. The third kappa shape index (κ3) is 2.75. The Morgan fingerprint density at radius 3 is 2.33 bits per heavy atom. The molecule has 0 fully saturated rings. The van der Waals surface area contributed by atoms with Crippen molar-refractivity contribution in [2.45, 2.75) is 38.8 Å². The highest BCUT2D eigenvalue weighted by Crippen LogP contribution is 2.14. The van der Waals surface area contributed by atoms with Gasteiger partial charge in [-0.2, -0.15) is 15.2 Å². The number of hydrogen-bond acceptors (Lipinski definition) is 3. The van der Waals surface area contributed by atoms with Crippen LogP contribution in [0, 0.1) is 0 Å². The molecule has 6 heteroatoms. The fraction of sp³-hybridized carbons (Fsp3) is 0.833. The first-order chi connectivity index (χ1) is 8.42. The molecule has 100 valence electrons. The summed E-state index contributed by atoms with van der Waals surface area (Å²) >= 11 is 0. The zero-order valence-corrected chi connectivity index (χ0v) is 11.8. The van der Waals surface area contributed by atoms with Crippen molar-refractivity contribution in [3.8, 4) is 0 Å². The Bertz CT molecular complexity index is 367. The molecule has 0 saturated carbocycles. The van der Waals surface area contributed by atoms with Gasteiger partial charge in [-0.3, -0.25) is 15.6 Å². The SMILES string of the molecule is CC(C)(N=NC(C)(C)C1=[NH+]CC[NH2+]1)C1=[NH+]CCN1. The molecule has 0 aromatic carbocycles. The molecule has 0 aromatic heterocycles. The summed E-state index contributed by atoms with van der Waals surface area (Å²) in [7, 11) is 0. The van der Waals surface area contributed by atoms with Crippen LogP contribution in [0.3, 0.4) is 0 Å². The van der Waals surface area contributed by atoms with E-state index in [-0.39, 0.29) is 11.1 Å². The van der Waals surface area contributed by atoms with Gasteiger partial charge < -0.3 is 0 Å². The molecule has 0 aromatic rings. The van der Waals surface area contributed by atoms with Crippen LogP contribution >= 0.6 is 0 Å². The van der Waals surface area contributed by atoms with Crippen molar-refractivity contribution in [1.29, 1.82) is 0 Å². The number of azo groups is 1. The largest absolute Gasteiger partial charge is 0.363 e. The minimum absolute atomic E-state index is 0.271. The smallest absolute Gasteiger partial charge is 0.272 e. The predicted molar refractivity (Wildman–Crippen MR) is 69.5 cm³/mol. The third-order valence-electron chi connectivity index (χ3n) is 3.36. The second-order valence-corrected chi connectivity index (χ2v) is 5.88. The number of nitrogens with two attached hydrogens (primary N) is 1. The van der Waals surface area contributed by atoms with Crippen molar-refractivity contribution >= 4 is 11.7 Å². The maximum absolute atomic E-state index is 4.55. The molecule has 2 aliphatic rings. The maximum Gasteiger partial charge on any atom is 0.363 e. The van der Waals surface area contributed by atoms with Crippen LogP contribution in [0.2, 0.25) is 0 Å². The zero-order valence-electron chi connectivity index (χ0n) is 11.8. The number of hydrogen-bond donors (Lipinski definition) is 4. The van der Waals surface area contributed by atoms with E-state index < -0.39 is 0 Å². The van der Waals surface area contributed by atoms with Gasteiger partial charge in [0.05, 0.1) is 0 Å². The van der Waals surface area contributed by atoms with Gasteiger partial charge in [0.25, 0.3) is 5.84 Å². The van der Waals surface area contributed by atoms with E-state index in [1.54, 1.807) is 0 Å². The number of nitrogens with one attached hydrogen (secondary N) is 3. The van der Waals surface area contributed by atoms with Gasteiger partial charge in [-0.05, 0) is 27.7 Å². The van der Waals surface area contributed by atoms with Crippen molar-refractivity contribution in [2.24, 2.45) is 10.2 Å². The van der Waals surface area contributed by atoms with Crippen molar-refractivity contribution < 1.29 is 15.3 Å². The Morgan fingerprint density at radius 2 is 1.78 bits per heavy atom. The summed E-state index contributed by atoms with van der Waals surface area (Å²) in [6.07, 6.45) is 0. The highest BCUT2D eigenvalue weighted by molar-refractivity contribution is 5.86. The maximum atomic E-state index is 4.55. The molecule has 5 N–H and O–H groups in total. The first-order valence-electron chi connectivity index (χ1n) is 6.65. The molecule has 2 heterocycles. The van der Waals surface area contributed by atoms with E-state index in [2.05, 4.69) is 58.5 Å². The lowest BCUT2D eigenvalue weighted by Crippen LogP contribution is -2.95. The monoisotopic (exact) mass is 253 g/mol. The molecule has 0 radical (unpaired) electrons. The summed E-state index contributed by atoms with van der Waals surface area (Å²) in [5.74, 6) is 2.25. The lowest BCUT2D eigenvalue weighted by Gasteiger charge is -2.17. The van der Waals surface area contributed by atoms with Gasteiger partial charge in [-0.25, -0.2) is 0 Å². The second kappa shape index (κ2) is 4.76. The summed E-state index contributed by atoms with van der Waals surface area (Å²) < 4.78 is 0. The van der Waals surface area contributed by atoms with Gasteiger partial charge in [0, 0.05) is 0 Å². The zero-order chi connectivity index (χ0) is 13.2. The summed E-state index contributed by atoms with van der Waals surface area (Å²) in [6, 6.07) is 0. The van der Waals surface area contributed by atoms with Crippen LogP contribution < -0.4 is 20.6 Å². The van der Waals surface area contributed by atoms with Crippen LogP contribution in [0.1, 0.15) is 27.7 Å². The number of amidine groups is 2. The first kappa shape index (κ1) is 13.1. The third-order valence-corrected chi connectivity index (χ3v) is 3.36. The highest BCUT2D eigenvalue weighted by Gasteiger charge is 2.39. The molecule has 0 atom stereocenters. The normalized spacial score (nSPS) is 21.1. The van der Waals surface area contributed by atoms with E-state index in [0.717, 1.165) is 32.0 Å². The summed E-state index contributed by atoms with van der Waals surface area (Å²) in [4.78, 5) is 6.70. The molecule has 0 aliphatic carbocycles. The Kier molecular flexibility index (Phi) is 3.47. The quantitative estimate of drug-likeness (QED) is 0.380. The Hall–Kier alpha value is -1.30. The molecule has 0 amide bonds. The Balaban J connectivity index is 2.09. The first-order valence-corrected chi connectivity index (χ1v) is 6.65. The average Bonchev–Trinajstić information content (AvgIpc) is 2.99. The van der Waals surface area contributed by atoms with Gasteiger partial charge in [0.2, 0.25) is 5.54 Å². The minimum Gasteiger partial charge on any atom is -0.272 e. The lowest BCUT2D eigenvalue weighted by atomic mass is 10.0. The second-order valence-electron chi connectivity index (χ2n) is 5.88. The fourth-order valence-corrected chi connectivity index (χ4v) is 2.19. The molecule has 0 saturated heterocycles. The molecule has 18 heavy (non-hydrogen) atoms. The van der Waals surface area contributed by atoms with Gasteiger partial charge in [0.1, 0.15) is 19.6 Å². The van der Waals surface area contributed by atoms with Gasteiger partial charge >= 0.3 is 5.84 Å². The van der Waals surface area contributed by atoms with E-state index >= 15 is 0 Å². The molecule has 0 bridgehead atoms. The molecular formula is C12H25N6+3. The van der Waals surface area contributed by atoms with Crippen molar-refractivity contribution in [2.75, 3.05) is 26.2 Å². The van der Waals surface area contributed by atoms with Gasteiger partial charge in [-0.15, -0.1) is 0 Å². The predicted octanol–water partition coefficient (Wildman–Crippen LogP) is -3.87. The van der Waals surface area contributed by atoms with Crippen molar-refractivity contribution in [3.63, 3.8) is 0 Å². The van der Waals surface area contributed by atoms with Crippen LogP contribution in [-0.4, -0.2) is 48.9 Å². The van der Waals surface area contributed by atoms with Gasteiger partial charge in [0.15, 0.2) is 12.1 Å². The molecule has 2 rings (SSSR count). The van der Waals surface area contributed by atoms with Crippen LogP contribution in [0.15, 0.2) is 10.2 Å². The van der Waals surface area contributed by atoms with E-state index in [1.165, 1.54) is 5.84 Å². The Labute approximate surface area is 108 Å². The average molecular weight is 253 g/mol. The van der Waals surface area contributed by atoms with Crippen molar-refractivity contribution in [1.82, 2.24) is 5.32 Å². The molecule has 0 spiro atoms. The fourth-order valence-electron chi connectivity index (χ4n) is 2.19. The van der Waals surface area contributed by atoms with Crippen LogP contribution in [0.25, 0.3) is 0 Å². The number of rotatable bonds is 4. The van der Waals surface area contributed by atoms with E-state index in [4.69, 9.17) is 0 Å². The van der Waals surface area contributed by atoms with Crippen LogP contribution in [0.4, 0.5) is 0 Å².